The molecule has 2 N–H and O–H groups in total. The van der Waals surface area contributed by atoms with Gasteiger partial charge in [0.15, 0.2) is 9.84 Å². The molecule has 0 radical (unpaired) electrons. The van der Waals surface area contributed by atoms with Crippen LogP contribution in [0, 0.1) is 0 Å². The second-order valence-corrected chi connectivity index (χ2v) is 7.55. The van der Waals surface area contributed by atoms with Crippen molar-refractivity contribution in [3.05, 3.63) is 24.3 Å². The molecule has 0 aromatic heterocycles. The number of nitrogens with one attached hydrogen (secondary N) is 1. The Balaban J connectivity index is 0.00000242. The summed E-state index contributed by atoms with van der Waals surface area (Å²) in [4.78, 5) is 1.11. The average molecular weight is 352 g/mol. The molecule has 1 heterocycles. The fraction of sp³-hybridized carbons (Fsp3) is 0.571. The Hall–Kier alpha value is -1.02. The maximum absolute atomic E-state index is 11.3. The molecule has 1 atom stereocenters. The lowest BCUT2D eigenvalue weighted by molar-refractivity contribution is -0.899. The van der Waals surface area contributed by atoms with Crippen LogP contribution < -0.4 is 26.8 Å². The number of methoxy groups -OCH3 is 1. The van der Waals surface area contributed by atoms with Crippen LogP contribution >= 0.6 is 0 Å². The van der Waals surface area contributed by atoms with Crippen LogP contribution in [0.1, 0.15) is 0 Å². The lowest BCUT2D eigenvalue weighted by atomic mass is 10.3. The lowest BCUT2D eigenvalue weighted by Crippen LogP contribution is -3.15. The number of quaternary nitrogens is 1. The zero-order valence-electron chi connectivity index (χ0n) is 12.5. The molecule has 126 valence electrons. The number of aliphatic hydroxyl groups is 1. The van der Waals surface area contributed by atoms with Crippen molar-refractivity contribution in [2.75, 3.05) is 44.9 Å². The highest BCUT2D eigenvalue weighted by Crippen LogP contribution is 2.16. The third kappa shape index (κ3) is 6.00. The first kappa shape index (κ1) is 19.0. The van der Waals surface area contributed by atoms with E-state index >= 15 is 0 Å². The predicted molar refractivity (Wildman–Crippen MR) is 78.7 cm³/mol. The lowest BCUT2D eigenvalue weighted by Gasteiger charge is -2.25. The molecular formula is C14H22ClNO5S. The Morgan fingerprint density at radius 2 is 1.73 bits per heavy atom. The van der Waals surface area contributed by atoms with E-state index in [0.717, 1.165) is 10.6 Å². The molecule has 1 aliphatic rings. The van der Waals surface area contributed by atoms with Crippen LogP contribution in [0.3, 0.4) is 0 Å². The SMILES string of the molecule is COc1ccc(OCC(O)C[NH+]2CCS(=O)(=O)CC2)cc1.[Cl-]. The summed E-state index contributed by atoms with van der Waals surface area (Å²) in [6.45, 7) is 1.82. The Labute approximate surface area is 137 Å². The highest BCUT2D eigenvalue weighted by atomic mass is 35.5. The fourth-order valence-corrected chi connectivity index (χ4v) is 3.69. The predicted octanol–water partition coefficient (Wildman–Crippen LogP) is -4.25. The first-order valence-electron chi connectivity index (χ1n) is 6.97. The van der Waals surface area contributed by atoms with Gasteiger partial charge in [-0.05, 0) is 24.3 Å². The number of hydrogen-bond acceptors (Lipinski definition) is 5. The molecular weight excluding hydrogens is 330 g/mol. The number of aliphatic hydroxyl groups excluding tert-OH is 1. The molecule has 1 saturated heterocycles. The highest BCUT2D eigenvalue weighted by Gasteiger charge is 2.26. The van der Waals surface area contributed by atoms with E-state index in [1.807, 2.05) is 0 Å². The second kappa shape index (κ2) is 8.57. The minimum atomic E-state index is -2.86. The van der Waals surface area contributed by atoms with Gasteiger partial charge in [0.1, 0.15) is 30.8 Å². The normalized spacial score (nSPS) is 19.0. The van der Waals surface area contributed by atoms with E-state index < -0.39 is 15.9 Å². The number of benzene rings is 1. The molecule has 1 unspecified atom stereocenters. The van der Waals surface area contributed by atoms with Crippen LogP contribution in [0.15, 0.2) is 24.3 Å². The van der Waals surface area contributed by atoms with Crippen LogP contribution in [-0.4, -0.2) is 64.5 Å². The number of rotatable bonds is 6. The van der Waals surface area contributed by atoms with Crippen LogP contribution in [0.25, 0.3) is 0 Å². The third-order valence-corrected chi connectivity index (χ3v) is 5.21. The number of hydrogen-bond donors (Lipinski definition) is 2. The quantitative estimate of drug-likeness (QED) is 0.543. The Morgan fingerprint density at radius 1 is 1.18 bits per heavy atom. The van der Waals surface area contributed by atoms with Crippen LogP contribution in [0.4, 0.5) is 0 Å². The maximum Gasteiger partial charge on any atom is 0.161 e. The fourth-order valence-electron chi connectivity index (χ4n) is 2.29. The van der Waals surface area contributed by atoms with Gasteiger partial charge in [0, 0.05) is 0 Å². The minimum absolute atomic E-state index is 0. The van der Waals surface area contributed by atoms with Crippen molar-refractivity contribution in [2.24, 2.45) is 0 Å². The van der Waals surface area contributed by atoms with Gasteiger partial charge >= 0.3 is 0 Å². The maximum atomic E-state index is 11.3. The van der Waals surface area contributed by atoms with E-state index in [-0.39, 0.29) is 30.5 Å². The molecule has 0 saturated carbocycles. The van der Waals surface area contributed by atoms with Gasteiger partial charge < -0.3 is 31.9 Å². The molecule has 8 heteroatoms. The third-order valence-electron chi connectivity index (χ3n) is 3.56. The summed E-state index contributed by atoms with van der Waals surface area (Å²) in [5.41, 5.74) is 0. The van der Waals surface area contributed by atoms with E-state index in [4.69, 9.17) is 9.47 Å². The van der Waals surface area contributed by atoms with Gasteiger partial charge in [-0.2, -0.15) is 0 Å². The molecule has 2 rings (SSSR count). The van der Waals surface area contributed by atoms with Crippen LogP contribution in [0.2, 0.25) is 0 Å². The van der Waals surface area contributed by atoms with Crippen molar-refractivity contribution >= 4 is 9.84 Å². The standard InChI is InChI=1S/C14H21NO5S.ClH/c1-19-13-2-4-14(5-3-13)20-11-12(16)10-15-6-8-21(17,18)9-7-15;/h2-5,12,16H,6-11H2,1H3;1H. The average Bonchev–Trinajstić information content (AvgIpc) is 2.48. The minimum Gasteiger partial charge on any atom is -1.00 e. The van der Waals surface area contributed by atoms with Gasteiger partial charge in [0.25, 0.3) is 0 Å². The number of sulfone groups is 1. The molecule has 0 spiro atoms. The zero-order chi connectivity index (χ0) is 15.3. The van der Waals surface area contributed by atoms with E-state index in [0.29, 0.717) is 25.4 Å². The van der Waals surface area contributed by atoms with Crippen molar-refractivity contribution in [3.8, 4) is 11.5 Å². The molecule has 1 fully saturated rings. The van der Waals surface area contributed by atoms with E-state index in [9.17, 15) is 13.5 Å². The summed E-state index contributed by atoms with van der Waals surface area (Å²) < 4.78 is 33.2. The topological polar surface area (TPSA) is 77.3 Å². The molecule has 1 aliphatic heterocycles. The zero-order valence-corrected chi connectivity index (χ0v) is 14.1. The summed E-state index contributed by atoms with van der Waals surface area (Å²) in [5.74, 6) is 1.83. The summed E-state index contributed by atoms with van der Waals surface area (Å²) >= 11 is 0. The first-order valence-corrected chi connectivity index (χ1v) is 8.79. The molecule has 1 aromatic carbocycles. The highest BCUT2D eigenvalue weighted by molar-refractivity contribution is 7.91. The summed E-state index contributed by atoms with van der Waals surface area (Å²) in [7, 11) is -1.26. The summed E-state index contributed by atoms with van der Waals surface area (Å²) in [6.07, 6.45) is -0.608. The molecule has 6 nitrogen and oxygen atoms in total. The molecule has 0 amide bonds. The van der Waals surface area contributed by atoms with Gasteiger partial charge in [-0.1, -0.05) is 0 Å². The molecule has 22 heavy (non-hydrogen) atoms. The first-order chi connectivity index (χ1) is 9.98. The van der Waals surface area contributed by atoms with Gasteiger partial charge in [-0.15, -0.1) is 0 Å². The van der Waals surface area contributed by atoms with E-state index in [1.54, 1.807) is 31.4 Å². The Bertz CT molecular complexity index is 535. The van der Waals surface area contributed by atoms with Gasteiger partial charge in [0.2, 0.25) is 0 Å². The summed E-state index contributed by atoms with van der Waals surface area (Å²) in [6, 6.07) is 7.16. The van der Waals surface area contributed by atoms with Crippen LogP contribution in [0.5, 0.6) is 11.5 Å². The molecule has 0 bridgehead atoms. The monoisotopic (exact) mass is 351 g/mol. The second-order valence-electron chi connectivity index (χ2n) is 5.25. The number of ether oxygens (including phenoxy) is 2. The Morgan fingerprint density at radius 3 is 2.27 bits per heavy atom. The smallest absolute Gasteiger partial charge is 0.161 e. The largest absolute Gasteiger partial charge is 1.00 e. The van der Waals surface area contributed by atoms with Crippen LogP contribution in [-0.2, 0) is 9.84 Å². The van der Waals surface area contributed by atoms with Crippen molar-refractivity contribution in [1.82, 2.24) is 0 Å². The van der Waals surface area contributed by atoms with Gasteiger partial charge in [-0.3, -0.25) is 0 Å². The molecule has 1 aromatic rings. The molecule has 0 aliphatic carbocycles. The number of halogens is 1. The van der Waals surface area contributed by atoms with Crippen molar-refractivity contribution in [2.45, 2.75) is 6.10 Å². The Kier molecular flexibility index (Phi) is 7.41. The van der Waals surface area contributed by atoms with Gasteiger partial charge in [0.05, 0.1) is 31.7 Å². The van der Waals surface area contributed by atoms with Crippen molar-refractivity contribution < 1.29 is 40.3 Å². The van der Waals surface area contributed by atoms with Gasteiger partial charge in [-0.25, -0.2) is 8.42 Å². The summed E-state index contributed by atoms with van der Waals surface area (Å²) in [5, 5.41) is 9.97. The van der Waals surface area contributed by atoms with Crippen molar-refractivity contribution in [1.29, 1.82) is 0 Å². The van der Waals surface area contributed by atoms with E-state index in [2.05, 4.69) is 0 Å². The van der Waals surface area contributed by atoms with Crippen molar-refractivity contribution in [3.63, 3.8) is 0 Å². The van der Waals surface area contributed by atoms with E-state index in [1.165, 1.54) is 0 Å².